The van der Waals surface area contributed by atoms with Crippen LogP contribution in [0.15, 0.2) is 34.8 Å². The molecule has 0 saturated heterocycles. The van der Waals surface area contributed by atoms with Crippen molar-refractivity contribution >= 4 is 33.0 Å². The molecule has 3 nitrogen and oxygen atoms in total. The molecule has 8 heteroatoms. The molecule has 2 aromatic carbocycles. The predicted octanol–water partition coefficient (Wildman–Crippen LogP) is 4.65. The average Bonchev–Trinajstić information content (AvgIpc) is 2.39. The Bertz CT molecular complexity index is 667. The fourth-order valence-electron chi connectivity index (χ4n) is 1.59. The van der Waals surface area contributed by atoms with Crippen LogP contribution in [-0.4, -0.2) is 6.61 Å². The monoisotopic (exact) mass is 364 g/mol. The van der Waals surface area contributed by atoms with Crippen molar-refractivity contribution in [1.29, 1.82) is 0 Å². The van der Waals surface area contributed by atoms with E-state index in [4.69, 9.17) is 5.73 Å². The zero-order valence-electron chi connectivity index (χ0n) is 10.3. The summed E-state index contributed by atoms with van der Waals surface area (Å²) in [5, 5.41) is 2.77. The van der Waals surface area contributed by atoms with Crippen LogP contribution < -0.4 is 15.8 Å². The number of benzene rings is 2. The highest BCUT2D eigenvalue weighted by atomic mass is 79.9. The lowest BCUT2D eigenvalue weighted by Crippen LogP contribution is -2.05. The Morgan fingerprint density at radius 2 is 1.81 bits per heavy atom. The molecule has 0 aliphatic carbocycles. The molecule has 0 aromatic heterocycles. The lowest BCUT2D eigenvalue weighted by molar-refractivity contribution is -0.0521. The van der Waals surface area contributed by atoms with Crippen molar-refractivity contribution in [2.75, 3.05) is 11.1 Å². The number of hydrogen-bond donors (Lipinski definition) is 2. The summed E-state index contributed by atoms with van der Waals surface area (Å²) in [6.07, 6.45) is 0. The molecule has 0 atom stereocenters. The van der Waals surface area contributed by atoms with Crippen LogP contribution in [0, 0.1) is 11.6 Å². The van der Waals surface area contributed by atoms with E-state index in [1.165, 1.54) is 18.2 Å². The fourth-order valence-corrected chi connectivity index (χ4v) is 1.97. The Labute approximate surface area is 125 Å². The molecule has 0 heterocycles. The molecule has 0 unspecified atom stereocenters. The SMILES string of the molecule is Nc1cc(F)c(OC(F)F)cc1Nc1ccc(F)c(Br)c1. The van der Waals surface area contributed by atoms with Gasteiger partial charge < -0.3 is 15.8 Å². The third kappa shape index (κ3) is 3.78. The molecular formula is C13H9BrF4N2O. The molecule has 0 saturated carbocycles. The maximum atomic E-state index is 13.4. The van der Waals surface area contributed by atoms with Crippen molar-refractivity contribution < 1.29 is 22.3 Å². The molecule has 3 N–H and O–H groups in total. The second-order valence-corrected chi connectivity index (χ2v) is 4.86. The number of anilines is 3. The average molecular weight is 365 g/mol. The zero-order valence-corrected chi connectivity index (χ0v) is 11.9. The van der Waals surface area contributed by atoms with E-state index < -0.39 is 24.0 Å². The van der Waals surface area contributed by atoms with E-state index in [1.807, 2.05) is 0 Å². The minimum absolute atomic E-state index is 0.00503. The third-order valence-corrected chi connectivity index (χ3v) is 3.13. The highest BCUT2D eigenvalue weighted by molar-refractivity contribution is 9.10. The van der Waals surface area contributed by atoms with E-state index in [2.05, 4.69) is 26.0 Å². The van der Waals surface area contributed by atoms with Crippen LogP contribution in [0.1, 0.15) is 0 Å². The van der Waals surface area contributed by atoms with E-state index in [1.54, 1.807) is 0 Å². The van der Waals surface area contributed by atoms with Gasteiger partial charge in [0.1, 0.15) is 5.82 Å². The molecule has 2 aromatic rings. The summed E-state index contributed by atoms with van der Waals surface area (Å²) < 4.78 is 55.1. The second-order valence-electron chi connectivity index (χ2n) is 4.00. The Morgan fingerprint density at radius 1 is 1.10 bits per heavy atom. The van der Waals surface area contributed by atoms with Gasteiger partial charge in [-0.3, -0.25) is 0 Å². The van der Waals surface area contributed by atoms with Gasteiger partial charge in [-0.05, 0) is 34.1 Å². The standard InChI is InChI=1S/C13H9BrF4N2O/c14-7-3-6(1-2-8(7)15)20-11-5-12(21-13(17)18)9(16)4-10(11)19/h1-5,13,20H,19H2. The topological polar surface area (TPSA) is 47.3 Å². The lowest BCUT2D eigenvalue weighted by atomic mass is 10.2. The van der Waals surface area contributed by atoms with Gasteiger partial charge in [0.05, 0.1) is 15.8 Å². The maximum absolute atomic E-state index is 13.4. The Balaban J connectivity index is 2.32. The van der Waals surface area contributed by atoms with E-state index in [9.17, 15) is 17.6 Å². The third-order valence-electron chi connectivity index (χ3n) is 2.52. The molecule has 0 fully saturated rings. The molecular weight excluding hydrogens is 356 g/mol. The number of nitrogen functional groups attached to an aromatic ring is 1. The van der Waals surface area contributed by atoms with Crippen molar-refractivity contribution in [1.82, 2.24) is 0 Å². The number of halogens is 5. The summed E-state index contributed by atoms with van der Waals surface area (Å²) >= 11 is 3.01. The van der Waals surface area contributed by atoms with Crippen molar-refractivity contribution in [3.63, 3.8) is 0 Å². The number of nitrogens with two attached hydrogens (primary N) is 1. The predicted molar refractivity (Wildman–Crippen MR) is 74.8 cm³/mol. The van der Waals surface area contributed by atoms with Gasteiger partial charge in [0.15, 0.2) is 11.6 Å². The van der Waals surface area contributed by atoms with Gasteiger partial charge in [-0.15, -0.1) is 0 Å². The first-order chi connectivity index (χ1) is 9.86. The first kappa shape index (κ1) is 15.4. The second kappa shape index (κ2) is 6.21. The Kier molecular flexibility index (Phi) is 4.56. The zero-order chi connectivity index (χ0) is 15.6. The van der Waals surface area contributed by atoms with E-state index in [0.717, 1.165) is 12.1 Å². The molecule has 0 aliphatic heterocycles. The summed E-state index contributed by atoms with van der Waals surface area (Å²) in [4.78, 5) is 0. The van der Waals surface area contributed by atoms with Gasteiger partial charge in [0, 0.05) is 17.8 Å². The summed E-state index contributed by atoms with van der Waals surface area (Å²) in [6.45, 7) is -3.16. The first-order valence-corrected chi connectivity index (χ1v) is 6.42. The number of hydrogen-bond acceptors (Lipinski definition) is 3. The largest absolute Gasteiger partial charge is 0.432 e. The van der Waals surface area contributed by atoms with Gasteiger partial charge >= 0.3 is 6.61 Å². The van der Waals surface area contributed by atoms with E-state index in [0.29, 0.717) is 5.69 Å². The van der Waals surface area contributed by atoms with Gasteiger partial charge in [-0.2, -0.15) is 8.78 Å². The van der Waals surface area contributed by atoms with Crippen LogP contribution in [-0.2, 0) is 0 Å². The smallest absolute Gasteiger partial charge is 0.387 e. The van der Waals surface area contributed by atoms with Gasteiger partial charge in [-0.25, -0.2) is 8.78 Å². The molecule has 0 amide bonds. The van der Waals surface area contributed by atoms with Crippen molar-refractivity contribution in [3.8, 4) is 5.75 Å². The summed E-state index contributed by atoms with van der Waals surface area (Å²) in [5.74, 6) is -2.10. The molecule has 0 spiro atoms. The molecule has 2 rings (SSSR count). The summed E-state index contributed by atoms with van der Waals surface area (Å²) in [5.41, 5.74) is 6.19. The van der Waals surface area contributed by atoms with Crippen molar-refractivity contribution in [3.05, 3.63) is 46.4 Å². The van der Waals surface area contributed by atoms with Crippen LogP contribution >= 0.6 is 15.9 Å². The Morgan fingerprint density at radius 3 is 2.43 bits per heavy atom. The highest BCUT2D eigenvalue weighted by Crippen LogP contribution is 2.32. The molecule has 0 aliphatic rings. The summed E-state index contributed by atoms with van der Waals surface area (Å²) in [7, 11) is 0. The maximum Gasteiger partial charge on any atom is 0.387 e. The highest BCUT2D eigenvalue weighted by Gasteiger charge is 2.13. The molecule has 0 bridgehead atoms. The number of rotatable bonds is 4. The summed E-state index contributed by atoms with van der Waals surface area (Å²) in [6, 6.07) is 5.90. The van der Waals surface area contributed by atoms with Gasteiger partial charge in [0.25, 0.3) is 0 Å². The molecule has 21 heavy (non-hydrogen) atoms. The van der Waals surface area contributed by atoms with Gasteiger partial charge in [-0.1, -0.05) is 0 Å². The van der Waals surface area contributed by atoms with Gasteiger partial charge in [0.2, 0.25) is 0 Å². The van der Waals surface area contributed by atoms with Crippen LogP contribution in [0.2, 0.25) is 0 Å². The fraction of sp³-hybridized carbons (Fsp3) is 0.0769. The van der Waals surface area contributed by atoms with Crippen molar-refractivity contribution in [2.45, 2.75) is 6.61 Å². The van der Waals surface area contributed by atoms with Crippen LogP contribution in [0.5, 0.6) is 5.75 Å². The van der Waals surface area contributed by atoms with E-state index in [-0.39, 0.29) is 15.8 Å². The number of alkyl halides is 2. The minimum Gasteiger partial charge on any atom is -0.432 e. The normalized spacial score (nSPS) is 10.8. The lowest BCUT2D eigenvalue weighted by Gasteiger charge is -2.13. The number of nitrogens with one attached hydrogen (secondary N) is 1. The first-order valence-electron chi connectivity index (χ1n) is 5.62. The van der Waals surface area contributed by atoms with Crippen molar-refractivity contribution in [2.24, 2.45) is 0 Å². The Hall–Kier alpha value is -1.96. The van der Waals surface area contributed by atoms with Crippen LogP contribution in [0.4, 0.5) is 34.6 Å². The van der Waals surface area contributed by atoms with E-state index >= 15 is 0 Å². The minimum atomic E-state index is -3.16. The van der Waals surface area contributed by atoms with Crippen LogP contribution in [0.3, 0.4) is 0 Å². The molecule has 112 valence electrons. The number of ether oxygens (including phenoxy) is 1. The molecule has 0 radical (unpaired) electrons. The van der Waals surface area contributed by atoms with Crippen LogP contribution in [0.25, 0.3) is 0 Å². The quantitative estimate of drug-likeness (QED) is 0.612.